The summed E-state index contributed by atoms with van der Waals surface area (Å²) in [4.78, 5) is 12.3. The molecule has 2 aliphatic heterocycles. The topological polar surface area (TPSA) is 41.1 Å². The lowest BCUT2D eigenvalue weighted by Crippen LogP contribution is -2.34. The van der Waals surface area contributed by atoms with Crippen molar-refractivity contribution in [2.24, 2.45) is 0 Å². The largest absolute Gasteiger partial charge is 0.307 e. The Kier molecular flexibility index (Phi) is 3.01. The molecule has 2 fully saturated rings. The van der Waals surface area contributed by atoms with Gasteiger partial charge in [0, 0.05) is 42.6 Å². The maximum absolute atomic E-state index is 4.97. The van der Waals surface area contributed by atoms with Crippen molar-refractivity contribution in [2.75, 3.05) is 25.1 Å². The van der Waals surface area contributed by atoms with Crippen LogP contribution in [0.3, 0.4) is 0 Å². The molecule has 5 heteroatoms. The molecule has 1 unspecified atom stereocenters. The molecule has 0 bridgehead atoms. The Hall–Kier alpha value is -0.650. The number of rotatable bonds is 2. The summed E-state index contributed by atoms with van der Waals surface area (Å²) in [5, 5.41) is 3.43. The number of thioether (sulfide) groups is 1. The van der Waals surface area contributed by atoms with Gasteiger partial charge in [-0.3, -0.25) is 4.90 Å². The van der Waals surface area contributed by atoms with E-state index in [0.717, 1.165) is 37.1 Å². The number of nitrogens with zero attached hydrogens (tertiary/aromatic N) is 3. The van der Waals surface area contributed by atoms with E-state index < -0.39 is 0 Å². The van der Waals surface area contributed by atoms with Crippen LogP contribution in [0.25, 0.3) is 0 Å². The molecule has 1 aromatic rings. The third kappa shape index (κ3) is 2.18. The van der Waals surface area contributed by atoms with Gasteiger partial charge in [0.1, 0.15) is 5.82 Å². The van der Waals surface area contributed by atoms with E-state index in [4.69, 9.17) is 9.97 Å². The Balaban J connectivity index is 1.73. The van der Waals surface area contributed by atoms with Gasteiger partial charge in [-0.25, -0.2) is 9.97 Å². The molecule has 4 rings (SSSR count). The minimum atomic E-state index is 0.405. The SMILES string of the molecule is CN1CCSCC1c1nc2c(c(C3CC3)n1)CNC2. The van der Waals surface area contributed by atoms with E-state index in [-0.39, 0.29) is 0 Å². The van der Waals surface area contributed by atoms with Gasteiger partial charge in [0.05, 0.1) is 17.4 Å². The average molecular weight is 276 g/mol. The van der Waals surface area contributed by atoms with Gasteiger partial charge >= 0.3 is 0 Å². The predicted octanol–water partition coefficient (Wildman–Crippen LogP) is 1.68. The van der Waals surface area contributed by atoms with Crippen molar-refractivity contribution in [3.8, 4) is 0 Å². The standard InChI is InChI=1S/C14H20N4S/c1-18-4-5-19-8-12(18)14-16-11-7-15-6-10(11)13(17-14)9-2-3-9/h9,12,15H,2-8H2,1H3. The van der Waals surface area contributed by atoms with Crippen LogP contribution in [0.1, 0.15) is 47.6 Å². The van der Waals surface area contributed by atoms with Crippen molar-refractivity contribution in [1.82, 2.24) is 20.2 Å². The van der Waals surface area contributed by atoms with Crippen LogP contribution in [-0.2, 0) is 13.1 Å². The summed E-state index contributed by atoms with van der Waals surface area (Å²) in [7, 11) is 2.20. The van der Waals surface area contributed by atoms with Crippen molar-refractivity contribution in [3.05, 3.63) is 22.8 Å². The van der Waals surface area contributed by atoms with Gasteiger partial charge in [0.15, 0.2) is 0 Å². The highest BCUT2D eigenvalue weighted by Crippen LogP contribution is 2.42. The number of hydrogen-bond donors (Lipinski definition) is 1. The second-order valence-corrected chi connectivity index (χ2v) is 6.99. The zero-order valence-electron chi connectivity index (χ0n) is 11.4. The summed E-state index contributed by atoms with van der Waals surface area (Å²) < 4.78 is 0. The molecular weight excluding hydrogens is 256 g/mol. The lowest BCUT2D eigenvalue weighted by molar-refractivity contribution is 0.263. The van der Waals surface area contributed by atoms with Gasteiger partial charge in [0.2, 0.25) is 0 Å². The second-order valence-electron chi connectivity index (χ2n) is 5.84. The minimum absolute atomic E-state index is 0.405. The maximum atomic E-state index is 4.97. The summed E-state index contributed by atoms with van der Waals surface area (Å²) in [6, 6.07) is 0.405. The average Bonchev–Trinajstić information content (AvgIpc) is 3.16. The smallest absolute Gasteiger partial charge is 0.146 e. The van der Waals surface area contributed by atoms with E-state index >= 15 is 0 Å². The molecule has 0 aromatic carbocycles. The van der Waals surface area contributed by atoms with E-state index in [2.05, 4.69) is 17.3 Å². The number of nitrogens with one attached hydrogen (secondary N) is 1. The Morgan fingerprint density at radius 2 is 2.16 bits per heavy atom. The first-order valence-corrected chi connectivity index (χ1v) is 8.36. The molecule has 19 heavy (non-hydrogen) atoms. The van der Waals surface area contributed by atoms with E-state index in [9.17, 15) is 0 Å². The van der Waals surface area contributed by atoms with Crippen molar-refractivity contribution >= 4 is 11.8 Å². The van der Waals surface area contributed by atoms with Crippen LogP contribution in [0.4, 0.5) is 0 Å². The van der Waals surface area contributed by atoms with Gasteiger partial charge in [-0.1, -0.05) is 0 Å². The zero-order chi connectivity index (χ0) is 12.8. The molecule has 1 aliphatic carbocycles. The van der Waals surface area contributed by atoms with Gasteiger partial charge in [-0.2, -0.15) is 11.8 Å². The first kappa shape index (κ1) is 12.1. The molecule has 4 nitrogen and oxygen atoms in total. The highest BCUT2D eigenvalue weighted by atomic mass is 32.2. The van der Waals surface area contributed by atoms with Crippen LogP contribution >= 0.6 is 11.8 Å². The van der Waals surface area contributed by atoms with Crippen LogP contribution in [0.5, 0.6) is 0 Å². The molecule has 0 spiro atoms. The molecule has 1 saturated heterocycles. The second kappa shape index (κ2) is 4.72. The van der Waals surface area contributed by atoms with Gasteiger partial charge < -0.3 is 5.32 Å². The van der Waals surface area contributed by atoms with Crippen molar-refractivity contribution < 1.29 is 0 Å². The first-order valence-electron chi connectivity index (χ1n) is 7.21. The van der Waals surface area contributed by atoms with E-state index in [1.807, 2.05) is 11.8 Å². The molecule has 0 radical (unpaired) electrons. The summed E-state index contributed by atoms with van der Waals surface area (Å²) >= 11 is 2.03. The molecule has 3 heterocycles. The van der Waals surface area contributed by atoms with E-state index in [1.165, 1.54) is 35.5 Å². The van der Waals surface area contributed by atoms with Crippen LogP contribution in [0, 0.1) is 0 Å². The normalized spacial score (nSPS) is 27.5. The summed E-state index contributed by atoms with van der Waals surface area (Å²) in [6.07, 6.45) is 2.64. The molecule has 1 saturated carbocycles. The number of hydrogen-bond acceptors (Lipinski definition) is 5. The first-order chi connectivity index (χ1) is 9.33. The highest BCUT2D eigenvalue weighted by Gasteiger charge is 2.33. The van der Waals surface area contributed by atoms with Crippen molar-refractivity contribution in [2.45, 2.75) is 37.9 Å². The molecular formula is C14H20N4S. The fourth-order valence-corrected chi connectivity index (χ4v) is 4.23. The van der Waals surface area contributed by atoms with Gasteiger partial charge in [-0.15, -0.1) is 0 Å². The fraction of sp³-hybridized carbons (Fsp3) is 0.714. The number of fused-ring (bicyclic) bond motifs is 1. The summed E-state index contributed by atoms with van der Waals surface area (Å²) in [6.45, 7) is 3.04. The molecule has 102 valence electrons. The quantitative estimate of drug-likeness (QED) is 0.890. The van der Waals surface area contributed by atoms with Gasteiger partial charge in [0.25, 0.3) is 0 Å². The van der Waals surface area contributed by atoms with Crippen molar-refractivity contribution in [3.63, 3.8) is 0 Å². The van der Waals surface area contributed by atoms with Crippen LogP contribution in [0.15, 0.2) is 0 Å². The Morgan fingerprint density at radius 1 is 1.26 bits per heavy atom. The minimum Gasteiger partial charge on any atom is -0.307 e. The molecule has 3 aliphatic rings. The highest BCUT2D eigenvalue weighted by molar-refractivity contribution is 7.99. The van der Waals surface area contributed by atoms with E-state index in [1.54, 1.807) is 0 Å². The van der Waals surface area contributed by atoms with E-state index in [0.29, 0.717) is 6.04 Å². The summed E-state index contributed by atoms with van der Waals surface area (Å²) in [5.74, 6) is 4.15. The molecule has 1 N–H and O–H groups in total. The molecule has 1 aromatic heterocycles. The molecule has 0 amide bonds. The third-order valence-electron chi connectivity index (χ3n) is 4.39. The molecule has 1 atom stereocenters. The fourth-order valence-electron chi connectivity index (χ4n) is 3.02. The Bertz CT molecular complexity index is 500. The van der Waals surface area contributed by atoms with Gasteiger partial charge in [-0.05, 0) is 19.9 Å². The Morgan fingerprint density at radius 3 is 2.95 bits per heavy atom. The Labute approximate surface area is 118 Å². The van der Waals surface area contributed by atoms with Crippen LogP contribution in [0.2, 0.25) is 0 Å². The van der Waals surface area contributed by atoms with Crippen LogP contribution in [-0.4, -0.2) is 40.0 Å². The van der Waals surface area contributed by atoms with Crippen molar-refractivity contribution in [1.29, 1.82) is 0 Å². The lowest BCUT2D eigenvalue weighted by atomic mass is 10.1. The monoisotopic (exact) mass is 276 g/mol. The van der Waals surface area contributed by atoms with Crippen LogP contribution < -0.4 is 5.32 Å². The zero-order valence-corrected chi connectivity index (χ0v) is 12.2. The summed E-state index contributed by atoms with van der Waals surface area (Å²) in [5.41, 5.74) is 4.02. The predicted molar refractivity (Wildman–Crippen MR) is 77.2 cm³/mol. The number of aromatic nitrogens is 2. The third-order valence-corrected chi connectivity index (χ3v) is 5.42. The lowest BCUT2D eigenvalue weighted by Gasteiger charge is -2.31. The maximum Gasteiger partial charge on any atom is 0.146 e.